The van der Waals surface area contributed by atoms with E-state index in [0.29, 0.717) is 0 Å². The van der Waals surface area contributed by atoms with Gasteiger partial charge in [-0.2, -0.15) is 0 Å². The first kappa shape index (κ1) is 10.8. The minimum absolute atomic E-state index is 0.0294. The van der Waals surface area contributed by atoms with Crippen molar-refractivity contribution in [2.75, 3.05) is 6.61 Å². The molecule has 1 atom stereocenters. The van der Waals surface area contributed by atoms with E-state index in [1.54, 1.807) is 11.3 Å². The summed E-state index contributed by atoms with van der Waals surface area (Å²) in [7, 11) is 0. The van der Waals surface area contributed by atoms with E-state index in [-0.39, 0.29) is 6.04 Å². The molecule has 0 bridgehead atoms. The molecule has 0 spiro atoms. The van der Waals surface area contributed by atoms with E-state index in [1.165, 1.54) is 10.4 Å². The van der Waals surface area contributed by atoms with Crippen LogP contribution in [0.2, 0.25) is 0 Å². The monoisotopic (exact) mass is 245 g/mol. The summed E-state index contributed by atoms with van der Waals surface area (Å²) in [6, 6.07) is 10.5. The highest BCUT2D eigenvalue weighted by Crippen LogP contribution is 2.34. The fraction of sp³-hybridized carbons (Fsp3) is 0.286. The van der Waals surface area contributed by atoms with Crippen LogP contribution >= 0.6 is 11.3 Å². The summed E-state index contributed by atoms with van der Waals surface area (Å²) in [5.41, 5.74) is 8.73. The van der Waals surface area contributed by atoms with Crippen molar-refractivity contribution < 1.29 is 4.74 Å². The number of fused-ring (bicyclic) bond motifs is 1. The molecular formula is C14H15NOS. The standard InChI is InChI=1S/C14H15NOS/c15-13(9-11-4-2-8-17-11)12-5-1-3-10-6-7-16-14(10)12/h1-5,8,13H,6-7,9,15H2. The van der Waals surface area contributed by atoms with Crippen molar-refractivity contribution >= 4 is 11.3 Å². The van der Waals surface area contributed by atoms with Gasteiger partial charge in [0.2, 0.25) is 0 Å². The third kappa shape index (κ3) is 2.08. The van der Waals surface area contributed by atoms with Gasteiger partial charge < -0.3 is 10.5 Å². The molecule has 0 saturated carbocycles. The van der Waals surface area contributed by atoms with Gasteiger partial charge in [-0.1, -0.05) is 24.3 Å². The van der Waals surface area contributed by atoms with Crippen LogP contribution in [0.15, 0.2) is 35.7 Å². The average Bonchev–Trinajstić information content (AvgIpc) is 2.97. The molecule has 2 N–H and O–H groups in total. The Labute approximate surface area is 105 Å². The zero-order chi connectivity index (χ0) is 11.7. The number of thiophene rings is 1. The molecule has 3 rings (SSSR count). The number of hydrogen-bond donors (Lipinski definition) is 1. The Kier molecular flexibility index (Phi) is 2.87. The van der Waals surface area contributed by atoms with Crippen LogP contribution in [-0.4, -0.2) is 6.61 Å². The highest BCUT2D eigenvalue weighted by atomic mass is 32.1. The van der Waals surface area contributed by atoms with Gasteiger partial charge in [-0.3, -0.25) is 0 Å². The molecule has 1 aliphatic rings. The van der Waals surface area contributed by atoms with Crippen LogP contribution in [0.4, 0.5) is 0 Å². The molecule has 2 aromatic rings. The first-order chi connectivity index (χ1) is 8.34. The third-order valence-electron chi connectivity index (χ3n) is 3.15. The first-order valence-electron chi connectivity index (χ1n) is 5.87. The molecule has 1 aliphatic heterocycles. The fourth-order valence-corrected chi connectivity index (χ4v) is 3.05. The summed E-state index contributed by atoms with van der Waals surface area (Å²) in [6.07, 6.45) is 1.90. The van der Waals surface area contributed by atoms with E-state index in [0.717, 1.165) is 30.8 Å². The molecule has 1 aromatic heterocycles. The van der Waals surface area contributed by atoms with Crippen molar-refractivity contribution in [3.8, 4) is 5.75 Å². The lowest BCUT2D eigenvalue weighted by Crippen LogP contribution is -2.13. The SMILES string of the molecule is NC(Cc1cccs1)c1cccc2c1OCC2. The fourth-order valence-electron chi connectivity index (χ4n) is 2.29. The second kappa shape index (κ2) is 4.51. The highest BCUT2D eigenvalue weighted by Gasteiger charge is 2.20. The second-order valence-corrected chi connectivity index (χ2v) is 5.36. The lowest BCUT2D eigenvalue weighted by molar-refractivity contribution is 0.351. The van der Waals surface area contributed by atoms with Crippen molar-refractivity contribution in [2.45, 2.75) is 18.9 Å². The Morgan fingerprint density at radius 1 is 1.29 bits per heavy atom. The molecule has 2 nitrogen and oxygen atoms in total. The van der Waals surface area contributed by atoms with Crippen molar-refractivity contribution in [3.63, 3.8) is 0 Å². The van der Waals surface area contributed by atoms with Crippen molar-refractivity contribution in [3.05, 3.63) is 51.7 Å². The van der Waals surface area contributed by atoms with Gasteiger partial charge in [-0.25, -0.2) is 0 Å². The number of para-hydroxylation sites is 1. The maximum Gasteiger partial charge on any atom is 0.127 e. The summed E-state index contributed by atoms with van der Waals surface area (Å²) in [6.45, 7) is 0.790. The van der Waals surface area contributed by atoms with Gasteiger partial charge in [0, 0.05) is 29.3 Å². The van der Waals surface area contributed by atoms with E-state index in [4.69, 9.17) is 10.5 Å². The Hall–Kier alpha value is -1.32. The molecule has 3 heteroatoms. The average molecular weight is 245 g/mol. The van der Waals surface area contributed by atoms with E-state index < -0.39 is 0 Å². The van der Waals surface area contributed by atoms with Gasteiger partial charge in [-0.05, 0) is 17.0 Å². The van der Waals surface area contributed by atoms with Gasteiger partial charge in [0.05, 0.1) is 6.61 Å². The number of benzene rings is 1. The topological polar surface area (TPSA) is 35.2 Å². The number of hydrogen-bond acceptors (Lipinski definition) is 3. The second-order valence-electron chi connectivity index (χ2n) is 4.32. The largest absolute Gasteiger partial charge is 0.493 e. The van der Waals surface area contributed by atoms with Gasteiger partial charge in [-0.15, -0.1) is 11.3 Å². The van der Waals surface area contributed by atoms with E-state index >= 15 is 0 Å². The van der Waals surface area contributed by atoms with Crippen LogP contribution < -0.4 is 10.5 Å². The predicted molar refractivity (Wildman–Crippen MR) is 70.6 cm³/mol. The normalized spacial score (nSPS) is 15.4. The zero-order valence-corrected chi connectivity index (χ0v) is 10.4. The van der Waals surface area contributed by atoms with Crippen molar-refractivity contribution in [1.82, 2.24) is 0 Å². The molecule has 0 radical (unpaired) electrons. The Balaban J connectivity index is 1.86. The molecule has 2 heterocycles. The zero-order valence-electron chi connectivity index (χ0n) is 9.56. The van der Waals surface area contributed by atoms with Crippen LogP contribution in [0.3, 0.4) is 0 Å². The quantitative estimate of drug-likeness (QED) is 0.902. The van der Waals surface area contributed by atoms with Gasteiger partial charge in [0.1, 0.15) is 5.75 Å². The number of nitrogens with two attached hydrogens (primary N) is 1. The number of ether oxygens (including phenoxy) is 1. The maximum absolute atomic E-state index is 6.29. The molecule has 1 aromatic carbocycles. The molecule has 1 unspecified atom stereocenters. The van der Waals surface area contributed by atoms with Crippen LogP contribution in [0.5, 0.6) is 5.75 Å². The van der Waals surface area contributed by atoms with Gasteiger partial charge in [0.25, 0.3) is 0 Å². The van der Waals surface area contributed by atoms with Gasteiger partial charge >= 0.3 is 0 Å². The lowest BCUT2D eigenvalue weighted by Gasteiger charge is -2.14. The predicted octanol–water partition coefficient (Wildman–Crippen LogP) is 2.93. The Bertz CT molecular complexity index is 507. The van der Waals surface area contributed by atoms with E-state index in [9.17, 15) is 0 Å². The van der Waals surface area contributed by atoms with Crippen LogP contribution in [0, 0.1) is 0 Å². The Morgan fingerprint density at radius 3 is 3.06 bits per heavy atom. The molecule has 0 aliphatic carbocycles. The maximum atomic E-state index is 6.29. The molecular weight excluding hydrogens is 230 g/mol. The highest BCUT2D eigenvalue weighted by molar-refractivity contribution is 7.09. The smallest absolute Gasteiger partial charge is 0.127 e. The third-order valence-corrected chi connectivity index (χ3v) is 4.04. The summed E-state index contributed by atoms with van der Waals surface area (Å²) in [5, 5.41) is 2.09. The van der Waals surface area contributed by atoms with E-state index in [1.807, 2.05) is 0 Å². The minimum Gasteiger partial charge on any atom is -0.493 e. The Morgan fingerprint density at radius 2 is 2.24 bits per heavy atom. The number of rotatable bonds is 3. The molecule has 0 saturated heterocycles. The summed E-state index contributed by atoms with van der Waals surface area (Å²) in [5.74, 6) is 1.02. The van der Waals surface area contributed by atoms with Gasteiger partial charge in [0.15, 0.2) is 0 Å². The molecule has 0 amide bonds. The molecule has 88 valence electrons. The van der Waals surface area contributed by atoms with Crippen LogP contribution in [0.25, 0.3) is 0 Å². The summed E-state index contributed by atoms with van der Waals surface area (Å²) < 4.78 is 5.69. The van der Waals surface area contributed by atoms with E-state index in [2.05, 4.69) is 35.7 Å². The van der Waals surface area contributed by atoms with Crippen molar-refractivity contribution in [1.29, 1.82) is 0 Å². The van der Waals surface area contributed by atoms with Crippen LogP contribution in [-0.2, 0) is 12.8 Å². The molecule has 17 heavy (non-hydrogen) atoms. The summed E-state index contributed by atoms with van der Waals surface area (Å²) >= 11 is 1.76. The molecule has 0 fully saturated rings. The summed E-state index contributed by atoms with van der Waals surface area (Å²) in [4.78, 5) is 1.33. The minimum atomic E-state index is 0.0294. The van der Waals surface area contributed by atoms with Crippen LogP contribution in [0.1, 0.15) is 22.0 Å². The first-order valence-corrected chi connectivity index (χ1v) is 6.75. The lowest BCUT2D eigenvalue weighted by atomic mass is 10.00. The van der Waals surface area contributed by atoms with Crippen molar-refractivity contribution in [2.24, 2.45) is 5.73 Å².